The molecular weight excluding hydrogens is 385 g/mol. The molecule has 4 rings (SSSR count). The van der Waals surface area contributed by atoms with Gasteiger partial charge in [-0.05, 0) is 37.6 Å². The highest BCUT2D eigenvalue weighted by Gasteiger charge is 2.19. The number of amides is 1. The molecule has 0 spiro atoms. The summed E-state index contributed by atoms with van der Waals surface area (Å²) in [6, 6.07) is 5.91. The van der Waals surface area contributed by atoms with Crippen LogP contribution in [0.5, 0.6) is 0 Å². The fraction of sp³-hybridized carbons (Fsp3) is 0.167. The third-order valence-electron chi connectivity index (χ3n) is 4.27. The first-order chi connectivity index (χ1) is 13.4. The minimum atomic E-state index is -0.462. The molecule has 1 aromatic carbocycles. The van der Waals surface area contributed by atoms with Crippen LogP contribution in [0.1, 0.15) is 27.6 Å². The lowest BCUT2D eigenvalue weighted by Crippen LogP contribution is -2.15. The Balaban J connectivity index is 1.59. The number of aryl methyl sites for hydroxylation is 1. The average Bonchev–Trinajstić information content (AvgIpc) is 3.21. The first-order valence-electron chi connectivity index (χ1n) is 8.39. The predicted molar refractivity (Wildman–Crippen MR) is 101 cm³/mol. The van der Waals surface area contributed by atoms with E-state index in [1.54, 1.807) is 36.1 Å². The number of hydrogen-bond donors (Lipinski definition) is 1. The van der Waals surface area contributed by atoms with Crippen LogP contribution in [0.2, 0.25) is 5.02 Å². The maximum absolute atomic E-state index is 13.2. The van der Waals surface area contributed by atoms with Crippen LogP contribution in [0, 0.1) is 19.7 Å². The smallest absolute Gasteiger partial charge is 0.295 e. The number of nitrogens with one attached hydrogen (secondary N) is 1. The van der Waals surface area contributed by atoms with Crippen LogP contribution in [0.25, 0.3) is 5.78 Å². The Morgan fingerprint density at radius 1 is 1.29 bits per heavy atom. The van der Waals surface area contributed by atoms with Crippen molar-refractivity contribution in [2.45, 2.75) is 20.4 Å². The zero-order valence-corrected chi connectivity index (χ0v) is 15.8. The van der Waals surface area contributed by atoms with Crippen LogP contribution in [0.4, 0.5) is 10.1 Å². The molecule has 1 N–H and O–H groups in total. The van der Waals surface area contributed by atoms with E-state index in [0.717, 1.165) is 11.3 Å². The third-order valence-corrected chi connectivity index (χ3v) is 4.63. The molecule has 0 atom stereocenters. The maximum atomic E-state index is 13.2. The van der Waals surface area contributed by atoms with Gasteiger partial charge in [0, 0.05) is 17.4 Å². The van der Waals surface area contributed by atoms with Gasteiger partial charge in [-0.15, -0.1) is 5.10 Å². The SMILES string of the molecule is Cc1nn(Cc2ccc(F)cc2Cl)c(C)c1NC(=O)c1nc2ncccn2n1. The molecule has 4 aromatic rings. The Morgan fingerprint density at radius 2 is 2.11 bits per heavy atom. The molecule has 0 saturated heterocycles. The Kier molecular flexibility index (Phi) is 4.52. The number of benzene rings is 1. The number of rotatable bonds is 4. The van der Waals surface area contributed by atoms with E-state index in [1.165, 1.54) is 16.6 Å². The number of anilines is 1. The first-order valence-corrected chi connectivity index (χ1v) is 8.77. The van der Waals surface area contributed by atoms with Crippen LogP contribution >= 0.6 is 11.6 Å². The highest BCUT2D eigenvalue weighted by molar-refractivity contribution is 6.31. The highest BCUT2D eigenvalue weighted by Crippen LogP contribution is 2.23. The molecule has 1 amide bonds. The summed E-state index contributed by atoms with van der Waals surface area (Å²) in [4.78, 5) is 20.7. The second-order valence-corrected chi connectivity index (χ2v) is 6.60. The van der Waals surface area contributed by atoms with Gasteiger partial charge in [0.2, 0.25) is 5.82 Å². The van der Waals surface area contributed by atoms with Crippen molar-refractivity contribution in [1.82, 2.24) is 29.4 Å². The molecule has 3 heterocycles. The van der Waals surface area contributed by atoms with E-state index in [9.17, 15) is 9.18 Å². The van der Waals surface area contributed by atoms with E-state index in [4.69, 9.17) is 11.6 Å². The van der Waals surface area contributed by atoms with Gasteiger partial charge in [-0.1, -0.05) is 17.7 Å². The summed E-state index contributed by atoms with van der Waals surface area (Å²) in [6.07, 6.45) is 3.23. The van der Waals surface area contributed by atoms with Crippen molar-refractivity contribution in [3.05, 3.63) is 70.3 Å². The van der Waals surface area contributed by atoms with Gasteiger partial charge < -0.3 is 5.32 Å². The van der Waals surface area contributed by atoms with Crippen molar-refractivity contribution in [2.75, 3.05) is 5.32 Å². The van der Waals surface area contributed by atoms with Gasteiger partial charge in [0.05, 0.1) is 23.6 Å². The summed E-state index contributed by atoms with van der Waals surface area (Å²) in [7, 11) is 0. The predicted octanol–water partition coefficient (Wildman–Crippen LogP) is 3.03. The molecule has 0 aliphatic heterocycles. The van der Waals surface area contributed by atoms with E-state index in [-0.39, 0.29) is 5.82 Å². The lowest BCUT2D eigenvalue weighted by atomic mass is 10.2. The Morgan fingerprint density at radius 3 is 2.86 bits per heavy atom. The normalized spacial score (nSPS) is 11.1. The average molecular weight is 400 g/mol. The molecule has 28 heavy (non-hydrogen) atoms. The summed E-state index contributed by atoms with van der Waals surface area (Å²) < 4.78 is 16.4. The molecule has 0 aliphatic rings. The largest absolute Gasteiger partial charge is 0.316 e. The number of halogens is 2. The molecule has 0 fully saturated rings. The van der Waals surface area contributed by atoms with Gasteiger partial charge in [0.25, 0.3) is 11.7 Å². The minimum Gasteiger partial charge on any atom is -0.316 e. The van der Waals surface area contributed by atoms with Crippen molar-refractivity contribution in [1.29, 1.82) is 0 Å². The van der Waals surface area contributed by atoms with E-state index in [2.05, 4.69) is 25.5 Å². The summed E-state index contributed by atoms with van der Waals surface area (Å²) in [5, 5.41) is 11.7. The molecule has 0 saturated carbocycles. The topological polar surface area (TPSA) is 90.0 Å². The van der Waals surface area contributed by atoms with Gasteiger partial charge in [-0.3, -0.25) is 9.48 Å². The highest BCUT2D eigenvalue weighted by atomic mass is 35.5. The van der Waals surface area contributed by atoms with Gasteiger partial charge in [-0.2, -0.15) is 10.1 Å². The number of hydrogen-bond acceptors (Lipinski definition) is 5. The van der Waals surface area contributed by atoms with Crippen LogP contribution in [0.3, 0.4) is 0 Å². The quantitative estimate of drug-likeness (QED) is 0.569. The second-order valence-electron chi connectivity index (χ2n) is 6.19. The van der Waals surface area contributed by atoms with E-state index in [1.807, 2.05) is 6.92 Å². The zero-order valence-electron chi connectivity index (χ0n) is 15.0. The lowest BCUT2D eigenvalue weighted by molar-refractivity contribution is 0.101. The van der Waals surface area contributed by atoms with Crippen molar-refractivity contribution >= 4 is 29.0 Å². The molecule has 142 valence electrons. The van der Waals surface area contributed by atoms with Gasteiger partial charge in [0.15, 0.2) is 0 Å². The number of aromatic nitrogens is 6. The zero-order chi connectivity index (χ0) is 19.8. The minimum absolute atomic E-state index is 0.00632. The summed E-state index contributed by atoms with van der Waals surface area (Å²) in [5.74, 6) is -0.518. The molecular formula is C18H15ClFN7O. The monoisotopic (exact) mass is 399 g/mol. The fourth-order valence-electron chi connectivity index (χ4n) is 2.84. The maximum Gasteiger partial charge on any atom is 0.295 e. The Labute approximate surface area is 164 Å². The van der Waals surface area contributed by atoms with Gasteiger partial charge in [-0.25, -0.2) is 13.9 Å². The van der Waals surface area contributed by atoms with Gasteiger partial charge in [0.1, 0.15) is 5.82 Å². The standard InChI is InChI=1S/C18H15ClFN7O/c1-10-15(22-17(28)16-23-18-21-6-3-7-26(18)25-16)11(2)27(24-10)9-12-4-5-13(20)8-14(12)19/h3-8H,9H2,1-2H3,(H,22,28). The molecule has 8 nitrogen and oxygen atoms in total. The van der Waals surface area contributed by atoms with E-state index < -0.39 is 11.7 Å². The molecule has 10 heteroatoms. The van der Waals surface area contributed by atoms with Crippen molar-refractivity contribution in [3.63, 3.8) is 0 Å². The summed E-state index contributed by atoms with van der Waals surface area (Å²) in [5.41, 5.74) is 2.65. The summed E-state index contributed by atoms with van der Waals surface area (Å²) >= 11 is 6.11. The number of fused-ring (bicyclic) bond motifs is 1. The lowest BCUT2D eigenvalue weighted by Gasteiger charge is -2.08. The third kappa shape index (κ3) is 3.31. The van der Waals surface area contributed by atoms with Crippen molar-refractivity contribution in [2.24, 2.45) is 0 Å². The number of carbonyl (C=O) groups is 1. The fourth-order valence-corrected chi connectivity index (χ4v) is 3.07. The first kappa shape index (κ1) is 18.1. The Bertz CT molecular complexity index is 1170. The van der Waals surface area contributed by atoms with Crippen LogP contribution < -0.4 is 5.32 Å². The molecule has 0 radical (unpaired) electrons. The van der Waals surface area contributed by atoms with E-state index in [0.29, 0.717) is 28.7 Å². The van der Waals surface area contributed by atoms with Crippen LogP contribution in [-0.2, 0) is 6.54 Å². The van der Waals surface area contributed by atoms with Crippen LogP contribution in [-0.4, -0.2) is 35.3 Å². The molecule has 0 aliphatic carbocycles. The molecule has 0 unspecified atom stereocenters. The molecule has 3 aromatic heterocycles. The number of nitrogens with zero attached hydrogens (tertiary/aromatic N) is 6. The van der Waals surface area contributed by atoms with Crippen molar-refractivity contribution < 1.29 is 9.18 Å². The van der Waals surface area contributed by atoms with Crippen LogP contribution in [0.15, 0.2) is 36.7 Å². The molecule has 0 bridgehead atoms. The second kappa shape index (κ2) is 7.01. The van der Waals surface area contributed by atoms with Gasteiger partial charge >= 0.3 is 0 Å². The van der Waals surface area contributed by atoms with Crippen molar-refractivity contribution in [3.8, 4) is 0 Å². The van der Waals surface area contributed by atoms with E-state index >= 15 is 0 Å². The Hall–Kier alpha value is -3.33. The number of carbonyl (C=O) groups excluding carboxylic acids is 1. The summed E-state index contributed by atoms with van der Waals surface area (Å²) in [6.45, 7) is 3.95.